The minimum Gasteiger partial charge on any atom is -0.338 e. The molecule has 32 heavy (non-hydrogen) atoms. The van der Waals surface area contributed by atoms with E-state index in [1.165, 1.54) is 12.0 Å². The number of benzene rings is 2. The van der Waals surface area contributed by atoms with Crippen molar-refractivity contribution in [3.8, 4) is 0 Å². The van der Waals surface area contributed by atoms with Crippen LogP contribution in [-0.4, -0.2) is 32.3 Å². The van der Waals surface area contributed by atoms with E-state index >= 15 is 0 Å². The molecule has 7 heteroatoms. The van der Waals surface area contributed by atoms with Gasteiger partial charge in [0.2, 0.25) is 16.4 Å². The van der Waals surface area contributed by atoms with Crippen LogP contribution in [0.4, 0.5) is 0 Å². The molecule has 1 amide bonds. The standard InChI is InChI=1S/C12H16BrNO2S.C11H13NO.C2H6/c13-10-6-8-12(9-7-10)17(15,16)14-11-4-2-1-3-5-11;13-9-12-8-4-7-11(12)10-5-2-1-3-6-10;1-2/h6-9,11,14H,1-5H2;1-3,5-6,9,11H,4,7-8H2;1-2H3/t;11-;/m.1./s1. The van der Waals surface area contributed by atoms with Gasteiger partial charge < -0.3 is 4.90 Å². The Morgan fingerprint density at radius 1 is 0.906 bits per heavy atom. The van der Waals surface area contributed by atoms with Gasteiger partial charge in [-0.15, -0.1) is 0 Å². The summed E-state index contributed by atoms with van der Waals surface area (Å²) in [5.41, 5.74) is 1.26. The quantitative estimate of drug-likeness (QED) is 0.484. The van der Waals surface area contributed by atoms with Gasteiger partial charge in [0.25, 0.3) is 0 Å². The van der Waals surface area contributed by atoms with Crippen LogP contribution in [0.1, 0.15) is 70.4 Å². The lowest BCUT2D eigenvalue weighted by molar-refractivity contribution is -0.118. The zero-order valence-corrected chi connectivity index (χ0v) is 21.4. The minimum atomic E-state index is -3.35. The Labute approximate surface area is 201 Å². The van der Waals surface area contributed by atoms with Crippen LogP contribution in [0, 0.1) is 0 Å². The third kappa shape index (κ3) is 8.01. The van der Waals surface area contributed by atoms with Gasteiger partial charge >= 0.3 is 0 Å². The highest BCUT2D eigenvalue weighted by Gasteiger charge is 2.24. The molecule has 1 heterocycles. The normalized spacial score (nSPS) is 18.7. The molecule has 0 bridgehead atoms. The summed E-state index contributed by atoms with van der Waals surface area (Å²) in [5, 5.41) is 0. The molecule has 176 valence electrons. The molecule has 1 aliphatic heterocycles. The summed E-state index contributed by atoms with van der Waals surface area (Å²) in [6, 6.07) is 17.4. The first-order chi connectivity index (χ1) is 15.5. The molecule has 0 spiro atoms. The molecular formula is C25H35BrN2O3S. The number of hydrogen-bond donors (Lipinski definition) is 1. The fraction of sp³-hybridized carbons (Fsp3) is 0.480. The van der Waals surface area contributed by atoms with E-state index in [-0.39, 0.29) is 6.04 Å². The molecule has 1 N–H and O–H groups in total. The second-order valence-corrected chi connectivity index (χ2v) is 10.5. The van der Waals surface area contributed by atoms with E-state index in [0.717, 1.165) is 56.0 Å². The summed E-state index contributed by atoms with van der Waals surface area (Å²) in [6.07, 6.45) is 8.55. The molecule has 2 aromatic carbocycles. The molecule has 1 saturated carbocycles. The van der Waals surface area contributed by atoms with E-state index in [9.17, 15) is 13.2 Å². The van der Waals surface area contributed by atoms with E-state index in [0.29, 0.717) is 10.9 Å². The smallest absolute Gasteiger partial charge is 0.240 e. The third-order valence-electron chi connectivity index (χ3n) is 5.66. The highest BCUT2D eigenvalue weighted by molar-refractivity contribution is 9.10. The average molecular weight is 524 g/mol. The number of likely N-dealkylation sites (tertiary alicyclic amines) is 1. The fourth-order valence-electron chi connectivity index (χ4n) is 4.07. The Hall–Kier alpha value is -1.70. The van der Waals surface area contributed by atoms with Gasteiger partial charge in [0, 0.05) is 17.1 Å². The maximum absolute atomic E-state index is 12.1. The van der Waals surface area contributed by atoms with Crippen molar-refractivity contribution in [2.45, 2.75) is 75.8 Å². The zero-order chi connectivity index (χ0) is 23.4. The van der Waals surface area contributed by atoms with Gasteiger partial charge in [0.1, 0.15) is 0 Å². The molecule has 4 rings (SSSR count). The first kappa shape index (κ1) is 26.6. The summed E-state index contributed by atoms with van der Waals surface area (Å²) in [7, 11) is -3.35. The fourth-order valence-corrected chi connectivity index (χ4v) is 5.64. The highest BCUT2D eigenvalue weighted by atomic mass is 79.9. The monoisotopic (exact) mass is 522 g/mol. The van der Waals surface area contributed by atoms with Gasteiger partial charge in [-0.1, -0.05) is 79.4 Å². The molecule has 5 nitrogen and oxygen atoms in total. The number of carbonyl (C=O) groups excluding carboxylic acids is 1. The molecule has 1 aliphatic carbocycles. The summed E-state index contributed by atoms with van der Waals surface area (Å²) >= 11 is 3.30. The lowest BCUT2D eigenvalue weighted by Crippen LogP contribution is -2.36. The summed E-state index contributed by atoms with van der Waals surface area (Å²) in [5.74, 6) is 0. The van der Waals surface area contributed by atoms with Gasteiger partial charge in [-0.3, -0.25) is 4.79 Å². The topological polar surface area (TPSA) is 66.5 Å². The molecule has 2 fully saturated rings. The van der Waals surface area contributed by atoms with Gasteiger partial charge in [-0.05, 0) is 55.5 Å². The van der Waals surface area contributed by atoms with Crippen molar-refractivity contribution in [1.29, 1.82) is 0 Å². The Bertz CT molecular complexity index is 899. The van der Waals surface area contributed by atoms with Crippen molar-refractivity contribution in [2.75, 3.05) is 6.54 Å². The SMILES string of the molecule is CC.O=CN1CCC[C@@H]1c1ccccc1.O=S(=O)(NC1CCCCC1)c1ccc(Br)cc1. The Morgan fingerprint density at radius 2 is 1.53 bits per heavy atom. The number of amides is 1. The molecule has 1 saturated heterocycles. The van der Waals surface area contributed by atoms with Crippen LogP contribution in [0.3, 0.4) is 0 Å². The van der Waals surface area contributed by atoms with Gasteiger partial charge in [0.15, 0.2) is 0 Å². The van der Waals surface area contributed by atoms with Crippen LogP contribution in [0.2, 0.25) is 0 Å². The second kappa shape index (κ2) is 13.8. The van der Waals surface area contributed by atoms with Crippen molar-refractivity contribution in [2.24, 2.45) is 0 Å². The van der Waals surface area contributed by atoms with Crippen molar-refractivity contribution in [1.82, 2.24) is 9.62 Å². The number of sulfonamides is 1. The lowest BCUT2D eigenvalue weighted by atomic mass is 9.96. The number of nitrogens with one attached hydrogen (secondary N) is 1. The maximum Gasteiger partial charge on any atom is 0.240 e. The zero-order valence-electron chi connectivity index (χ0n) is 19.0. The van der Waals surface area contributed by atoms with Crippen LogP contribution >= 0.6 is 15.9 Å². The molecule has 0 unspecified atom stereocenters. The molecule has 2 aromatic rings. The van der Waals surface area contributed by atoms with Crippen LogP contribution in [0.25, 0.3) is 0 Å². The van der Waals surface area contributed by atoms with Crippen LogP contribution in [0.5, 0.6) is 0 Å². The molecule has 0 aromatic heterocycles. The van der Waals surface area contributed by atoms with Crippen LogP contribution < -0.4 is 4.72 Å². The Kier molecular flexibility index (Phi) is 11.4. The predicted octanol–water partition coefficient (Wildman–Crippen LogP) is 6.07. The molecule has 1 atom stereocenters. The van der Waals surface area contributed by atoms with Gasteiger partial charge in [-0.2, -0.15) is 0 Å². The average Bonchev–Trinajstić information content (AvgIpc) is 3.31. The summed E-state index contributed by atoms with van der Waals surface area (Å²) in [6.45, 7) is 4.91. The number of carbonyl (C=O) groups is 1. The van der Waals surface area contributed by atoms with E-state index in [1.807, 2.05) is 36.9 Å². The first-order valence-electron chi connectivity index (χ1n) is 11.5. The van der Waals surface area contributed by atoms with Gasteiger partial charge in [-0.25, -0.2) is 13.1 Å². The van der Waals surface area contributed by atoms with Crippen molar-refractivity contribution < 1.29 is 13.2 Å². The van der Waals surface area contributed by atoms with Crippen molar-refractivity contribution in [3.05, 3.63) is 64.6 Å². The summed E-state index contributed by atoms with van der Waals surface area (Å²) < 4.78 is 27.8. The van der Waals surface area contributed by atoms with E-state index in [2.05, 4.69) is 32.8 Å². The lowest BCUT2D eigenvalue weighted by Gasteiger charge is -2.22. The highest BCUT2D eigenvalue weighted by Crippen LogP contribution is 2.30. The van der Waals surface area contributed by atoms with E-state index < -0.39 is 10.0 Å². The van der Waals surface area contributed by atoms with Crippen molar-refractivity contribution >= 4 is 32.4 Å². The summed E-state index contributed by atoms with van der Waals surface area (Å²) in [4.78, 5) is 12.9. The molecule has 2 aliphatic rings. The van der Waals surface area contributed by atoms with Crippen LogP contribution in [-0.2, 0) is 14.8 Å². The third-order valence-corrected chi connectivity index (χ3v) is 7.73. The number of rotatable bonds is 5. The minimum absolute atomic E-state index is 0.109. The number of hydrogen-bond acceptors (Lipinski definition) is 3. The largest absolute Gasteiger partial charge is 0.338 e. The van der Waals surface area contributed by atoms with E-state index in [4.69, 9.17) is 0 Å². The predicted molar refractivity (Wildman–Crippen MR) is 134 cm³/mol. The second-order valence-electron chi connectivity index (χ2n) is 7.82. The van der Waals surface area contributed by atoms with Gasteiger partial charge in [0.05, 0.1) is 10.9 Å². The van der Waals surface area contributed by atoms with E-state index in [1.54, 1.807) is 24.3 Å². The number of halogens is 1. The maximum atomic E-state index is 12.1. The Morgan fingerprint density at radius 3 is 2.12 bits per heavy atom. The van der Waals surface area contributed by atoms with Crippen LogP contribution in [0.15, 0.2) is 64.0 Å². The number of nitrogens with zero attached hydrogens (tertiary/aromatic N) is 1. The first-order valence-corrected chi connectivity index (χ1v) is 13.8. The Balaban J connectivity index is 0.000000217. The molecular weight excluding hydrogens is 488 g/mol. The molecule has 0 radical (unpaired) electrons. The van der Waals surface area contributed by atoms with Crippen molar-refractivity contribution in [3.63, 3.8) is 0 Å².